The lowest BCUT2D eigenvalue weighted by molar-refractivity contribution is -0.192. The number of carboxylic acid groups (broad SMARTS) is 1. The number of carbonyl (C=O) groups is 1. The standard InChI is InChI=1S/C22H22N4O2S.C2HF3O2/c1-27-18-7-4-16(5-8-18)13-25-10-11-28-20(15-25)22-19-9-6-17(14-26(19)24-23-22)21-3-2-12-29-21;3-2(4,5)1(6)7/h2-9,12,14,20H,10-11,13,15H2,1H3;(H,6,7). The number of thiophene rings is 1. The van der Waals surface area contributed by atoms with Crippen molar-refractivity contribution < 1.29 is 32.5 Å². The Bertz CT molecular complexity index is 1290. The topological polar surface area (TPSA) is 89.2 Å². The highest BCUT2D eigenvalue weighted by atomic mass is 32.1. The molecule has 1 unspecified atom stereocenters. The molecule has 1 N–H and O–H groups in total. The minimum Gasteiger partial charge on any atom is -0.497 e. The number of rotatable bonds is 5. The van der Waals surface area contributed by atoms with Crippen molar-refractivity contribution in [2.45, 2.75) is 18.8 Å². The lowest BCUT2D eigenvalue weighted by Gasteiger charge is -2.32. The molecule has 4 aromatic rings. The molecular formula is C24H23F3N4O4S. The molecule has 1 atom stereocenters. The van der Waals surface area contributed by atoms with E-state index in [2.05, 4.69) is 57.0 Å². The van der Waals surface area contributed by atoms with E-state index in [1.807, 2.05) is 22.8 Å². The molecule has 8 nitrogen and oxygen atoms in total. The van der Waals surface area contributed by atoms with Gasteiger partial charge in [-0.2, -0.15) is 13.2 Å². The number of fused-ring (bicyclic) bond motifs is 1. The van der Waals surface area contributed by atoms with Crippen molar-refractivity contribution in [2.75, 3.05) is 26.8 Å². The number of hydrogen-bond acceptors (Lipinski definition) is 7. The summed E-state index contributed by atoms with van der Waals surface area (Å²) in [6.45, 7) is 3.27. The number of benzene rings is 1. The third-order valence-corrected chi connectivity index (χ3v) is 6.43. The minimum atomic E-state index is -5.08. The van der Waals surface area contributed by atoms with Crippen LogP contribution in [0.15, 0.2) is 60.1 Å². The number of carboxylic acids is 1. The summed E-state index contributed by atoms with van der Waals surface area (Å²) in [7, 11) is 1.69. The van der Waals surface area contributed by atoms with Crippen molar-refractivity contribution >= 4 is 22.8 Å². The first-order chi connectivity index (χ1) is 17.2. The summed E-state index contributed by atoms with van der Waals surface area (Å²) in [5.74, 6) is -1.88. The number of morpholine rings is 1. The Morgan fingerprint density at radius 2 is 1.97 bits per heavy atom. The second kappa shape index (κ2) is 11.1. The molecule has 0 aliphatic carbocycles. The van der Waals surface area contributed by atoms with E-state index in [1.54, 1.807) is 18.4 Å². The van der Waals surface area contributed by atoms with Crippen LogP contribution in [0.5, 0.6) is 5.75 Å². The Morgan fingerprint density at radius 3 is 2.61 bits per heavy atom. The number of ether oxygens (including phenoxy) is 2. The maximum Gasteiger partial charge on any atom is 0.490 e. The predicted octanol–water partition coefficient (Wildman–Crippen LogP) is 4.67. The van der Waals surface area contributed by atoms with E-state index in [-0.39, 0.29) is 6.10 Å². The Hall–Kier alpha value is -3.48. The number of pyridine rings is 1. The average molecular weight is 521 g/mol. The summed E-state index contributed by atoms with van der Waals surface area (Å²) in [5, 5.41) is 18.0. The highest BCUT2D eigenvalue weighted by Gasteiger charge is 2.38. The quantitative estimate of drug-likeness (QED) is 0.409. The Kier molecular flexibility index (Phi) is 7.87. The van der Waals surface area contributed by atoms with Crippen molar-refractivity contribution in [1.29, 1.82) is 0 Å². The first-order valence-electron chi connectivity index (χ1n) is 10.9. The molecular weight excluding hydrogens is 497 g/mol. The summed E-state index contributed by atoms with van der Waals surface area (Å²) in [6.07, 6.45) is -3.12. The second-order valence-electron chi connectivity index (χ2n) is 7.95. The molecule has 0 saturated carbocycles. The number of alkyl halides is 3. The van der Waals surface area contributed by atoms with Crippen LogP contribution in [0.25, 0.3) is 16.0 Å². The summed E-state index contributed by atoms with van der Waals surface area (Å²) in [5.41, 5.74) is 4.32. The van der Waals surface area contributed by atoms with Crippen molar-refractivity contribution in [3.63, 3.8) is 0 Å². The second-order valence-corrected chi connectivity index (χ2v) is 8.89. The van der Waals surface area contributed by atoms with Gasteiger partial charge < -0.3 is 14.6 Å². The third-order valence-electron chi connectivity index (χ3n) is 5.51. The molecule has 1 aliphatic rings. The van der Waals surface area contributed by atoms with Crippen LogP contribution in [0.1, 0.15) is 17.4 Å². The molecule has 1 aliphatic heterocycles. The average Bonchev–Trinajstić information content (AvgIpc) is 3.54. The fourth-order valence-electron chi connectivity index (χ4n) is 3.73. The van der Waals surface area contributed by atoms with E-state index in [1.165, 1.54) is 10.4 Å². The van der Waals surface area contributed by atoms with Crippen molar-refractivity contribution in [3.05, 3.63) is 71.4 Å². The predicted molar refractivity (Wildman–Crippen MR) is 127 cm³/mol. The van der Waals surface area contributed by atoms with E-state index < -0.39 is 12.1 Å². The summed E-state index contributed by atoms with van der Waals surface area (Å²) < 4.78 is 44.9. The van der Waals surface area contributed by atoms with Crippen LogP contribution >= 0.6 is 11.3 Å². The number of halogens is 3. The molecule has 4 heterocycles. The molecule has 1 saturated heterocycles. The molecule has 0 spiro atoms. The number of aromatic nitrogens is 3. The van der Waals surface area contributed by atoms with Gasteiger partial charge in [-0.3, -0.25) is 4.90 Å². The normalized spacial score (nSPS) is 16.4. The lowest BCUT2D eigenvalue weighted by Crippen LogP contribution is -2.38. The van der Waals surface area contributed by atoms with Crippen molar-refractivity contribution in [3.8, 4) is 16.2 Å². The first-order valence-corrected chi connectivity index (χ1v) is 11.8. The first kappa shape index (κ1) is 25.6. The van der Waals surface area contributed by atoms with Gasteiger partial charge in [-0.05, 0) is 41.3 Å². The zero-order valence-electron chi connectivity index (χ0n) is 19.2. The Morgan fingerprint density at radius 1 is 1.22 bits per heavy atom. The van der Waals surface area contributed by atoms with Gasteiger partial charge in [0.05, 0.1) is 19.2 Å². The van der Waals surface area contributed by atoms with Gasteiger partial charge in [0.15, 0.2) is 0 Å². The Labute approximate surface area is 208 Å². The molecule has 0 radical (unpaired) electrons. The number of nitrogens with zero attached hydrogens (tertiary/aromatic N) is 4. The summed E-state index contributed by atoms with van der Waals surface area (Å²) in [4.78, 5) is 12.5. The fraction of sp³-hybridized carbons (Fsp3) is 0.292. The van der Waals surface area contributed by atoms with Gasteiger partial charge in [-0.1, -0.05) is 23.4 Å². The molecule has 12 heteroatoms. The van der Waals surface area contributed by atoms with Crippen LogP contribution in [-0.2, 0) is 16.1 Å². The zero-order chi connectivity index (χ0) is 25.7. The Balaban J connectivity index is 0.000000384. The molecule has 5 rings (SSSR count). The molecule has 36 heavy (non-hydrogen) atoms. The number of aliphatic carboxylic acids is 1. The van der Waals surface area contributed by atoms with Crippen LogP contribution in [0, 0.1) is 0 Å². The van der Waals surface area contributed by atoms with E-state index in [0.717, 1.165) is 42.2 Å². The molecule has 1 aromatic carbocycles. The van der Waals surface area contributed by atoms with Crippen LogP contribution in [0.3, 0.4) is 0 Å². The molecule has 1 fully saturated rings. The zero-order valence-corrected chi connectivity index (χ0v) is 20.0. The summed E-state index contributed by atoms with van der Waals surface area (Å²) >= 11 is 1.72. The number of methoxy groups -OCH3 is 1. The molecule has 0 bridgehead atoms. The van der Waals surface area contributed by atoms with Gasteiger partial charge in [-0.25, -0.2) is 9.31 Å². The van der Waals surface area contributed by atoms with E-state index in [4.69, 9.17) is 19.4 Å². The van der Waals surface area contributed by atoms with Gasteiger partial charge in [0.1, 0.15) is 17.5 Å². The van der Waals surface area contributed by atoms with E-state index >= 15 is 0 Å². The van der Waals surface area contributed by atoms with E-state index in [0.29, 0.717) is 6.61 Å². The van der Waals surface area contributed by atoms with Gasteiger partial charge in [-0.15, -0.1) is 16.4 Å². The van der Waals surface area contributed by atoms with Crippen LogP contribution in [-0.4, -0.2) is 63.8 Å². The van der Waals surface area contributed by atoms with E-state index in [9.17, 15) is 13.2 Å². The van der Waals surface area contributed by atoms with Crippen molar-refractivity contribution in [2.24, 2.45) is 0 Å². The monoisotopic (exact) mass is 520 g/mol. The molecule has 3 aromatic heterocycles. The molecule has 0 amide bonds. The maximum absolute atomic E-state index is 10.6. The lowest BCUT2D eigenvalue weighted by atomic mass is 10.1. The number of hydrogen-bond donors (Lipinski definition) is 1. The van der Waals surface area contributed by atoms with Gasteiger partial charge in [0.25, 0.3) is 0 Å². The maximum atomic E-state index is 10.6. The third kappa shape index (κ3) is 6.20. The van der Waals surface area contributed by atoms with Crippen LogP contribution in [0.4, 0.5) is 13.2 Å². The van der Waals surface area contributed by atoms with Gasteiger partial charge in [0, 0.05) is 36.3 Å². The SMILES string of the molecule is COc1ccc(CN2CCOC(c3nnn4cc(-c5cccs5)ccc34)C2)cc1.O=C(O)C(F)(F)F. The minimum absolute atomic E-state index is 0.0768. The fourth-order valence-corrected chi connectivity index (χ4v) is 4.45. The highest BCUT2D eigenvalue weighted by molar-refractivity contribution is 7.13. The summed E-state index contributed by atoms with van der Waals surface area (Å²) in [6, 6.07) is 16.6. The van der Waals surface area contributed by atoms with Gasteiger partial charge >= 0.3 is 12.1 Å². The van der Waals surface area contributed by atoms with Gasteiger partial charge in [0.2, 0.25) is 0 Å². The van der Waals surface area contributed by atoms with Crippen molar-refractivity contribution in [1.82, 2.24) is 19.7 Å². The highest BCUT2D eigenvalue weighted by Crippen LogP contribution is 2.29. The molecule has 190 valence electrons. The largest absolute Gasteiger partial charge is 0.497 e. The smallest absolute Gasteiger partial charge is 0.490 e. The van der Waals surface area contributed by atoms with Crippen LogP contribution < -0.4 is 4.74 Å². The van der Waals surface area contributed by atoms with Crippen LogP contribution in [0.2, 0.25) is 0 Å².